The molecule has 2 amide bonds. The molecule has 2 aromatic carbocycles. The second-order valence-corrected chi connectivity index (χ2v) is 7.63. The van der Waals surface area contributed by atoms with Crippen molar-refractivity contribution in [3.63, 3.8) is 0 Å². The lowest BCUT2D eigenvalue weighted by atomic mass is 10.2. The first-order chi connectivity index (χ1) is 14.7. The number of carbonyl (C=O) groups excluding carboxylic acids is 1. The molecule has 1 N–H and O–H groups in total. The molecule has 1 aromatic heterocycles. The summed E-state index contributed by atoms with van der Waals surface area (Å²) in [6.07, 6.45) is 1.70. The van der Waals surface area contributed by atoms with Crippen molar-refractivity contribution in [1.29, 1.82) is 0 Å². The maximum Gasteiger partial charge on any atom is 0.321 e. The van der Waals surface area contributed by atoms with Crippen LogP contribution in [0.25, 0.3) is 0 Å². The Hall–Kier alpha value is -3.25. The van der Waals surface area contributed by atoms with Gasteiger partial charge in [-0.1, -0.05) is 42.5 Å². The molecule has 0 aliphatic carbocycles. The third kappa shape index (κ3) is 5.02. The highest BCUT2D eigenvalue weighted by Gasteiger charge is 2.22. The third-order valence-corrected chi connectivity index (χ3v) is 5.44. The number of benzene rings is 2. The van der Waals surface area contributed by atoms with E-state index < -0.39 is 0 Å². The number of carbonyl (C=O) groups is 1. The Morgan fingerprint density at radius 1 is 0.967 bits per heavy atom. The van der Waals surface area contributed by atoms with E-state index in [1.807, 2.05) is 66.5 Å². The van der Waals surface area contributed by atoms with Crippen LogP contribution in [-0.2, 0) is 13.1 Å². The Kier molecular flexibility index (Phi) is 6.35. The van der Waals surface area contributed by atoms with Gasteiger partial charge in [-0.15, -0.1) is 0 Å². The van der Waals surface area contributed by atoms with E-state index in [1.54, 1.807) is 6.26 Å². The number of nitrogens with one attached hydrogen (secondary N) is 1. The summed E-state index contributed by atoms with van der Waals surface area (Å²) in [5.41, 5.74) is 3.07. The molecule has 0 spiro atoms. The Morgan fingerprint density at radius 2 is 1.70 bits per heavy atom. The van der Waals surface area contributed by atoms with E-state index in [0.29, 0.717) is 13.1 Å². The molecule has 0 saturated carbocycles. The molecule has 0 bridgehead atoms. The minimum atomic E-state index is -0.0480. The van der Waals surface area contributed by atoms with Crippen LogP contribution in [0.2, 0.25) is 0 Å². The van der Waals surface area contributed by atoms with Crippen molar-refractivity contribution >= 4 is 17.4 Å². The van der Waals surface area contributed by atoms with E-state index in [2.05, 4.69) is 27.2 Å². The van der Waals surface area contributed by atoms with Crippen LogP contribution in [0.15, 0.2) is 77.4 Å². The molecule has 0 radical (unpaired) electrons. The quantitative estimate of drug-likeness (QED) is 0.667. The number of anilines is 2. The third-order valence-electron chi connectivity index (χ3n) is 5.44. The van der Waals surface area contributed by atoms with Crippen molar-refractivity contribution in [3.8, 4) is 0 Å². The van der Waals surface area contributed by atoms with E-state index in [-0.39, 0.29) is 6.03 Å². The fourth-order valence-corrected chi connectivity index (χ4v) is 3.78. The molecule has 156 valence electrons. The minimum Gasteiger partial charge on any atom is -0.468 e. The van der Waals surface area contributed by atoms with Gasteiger partial charge in [-0.25, -0.2) is 4.79 Å². The molecule has 0 atom stereocenters. The molecule has 6 nitrogen and oxygen atoms in total. The molecule has 6 heteroatoms. The fourth-order valence-electron chi connectivity index (χ4n) is 3.78. The number of hydrogen-bond donors (Lipinski definition) is 1. The second-order valence-electron chi connectivity index (χ2n) is 7.63. The van der Waals surface area contributed by atoms with Gasteiger partial charge in [0.05, 0.1) is 24.2 Å². The average molecular weight is 405 g/mol. The van der Waals surface area contributed by atoms with Gasteiger partial charge in [0.15, 0.2) is 0 Å². The zero-order chi connectivity index (χ0) is 20.8. The van der Waals surface area contributed by atoms with E-state index in [9.17, 15) is 4.79 Å². The predicted octanol–water partition coefficient (Wildman–Crippen LogP) is 4.27. The standard InChI is InChI=1S/C24H28N4O2/c1-26(18-20-8-3-2-4-9-20)23-12-6-5-11-22(23)25-24(29)28-15-13-27(14-16-28)19-21-10-7-17-30-21/h2-12,17H,13-16,18-19H2,1H3,(H,25,29). The molecule has 1 saturated heterocycles. The van der Waals surface area contributed by atoms with Crippen molar-refractivity contribution in [2.45, 2.75) is 13.1 Å². The number of furan rings is 1. The molecule has 0 unspecified atom stereocenters. The molecule has 30 heavy (non-hydrogen) atoms. The number of amides is 2. The van der Waals surface area contributed by atoms with Gasteiger partial charge in [0.25, 0.3) is 0 Å². The van der Waals surface area contributed by atoms with Crippen LogP contribution in [0.5, 0.6) is 0 Å². The Bertz CT molecular complexity index is 935. The summed E-state index contributed by atoms with van der Waals surface area (Å²) in [7, 11) is 2.05. The maximum atomic E-state index is 12.9. The van der Waals surface area contributed by atoms with Crippen LogP contribution in [-0.4, -0.2) is 49.1 Å². The Balaban J connectivity index is 1.34. The van der Waals surface area contributed by atoms with E-state index >= 15 is 0 Å². The number of rotatable bonds is 6. The Morgan fingerprint density at radius 3 is 2.43 bits per heavy atom. The van der Waals surface area contributed by atoms with Gasteiger partial charge >= 0.3 is 6.03 Å². The molecule has 1 fully saturated rings. The van der Waals surface area contributed by atoms with Gasteiger partial charge in [-0.2, -0.15) is 0 Å². The van der Waals surface area contributed by atoms with Gasteiger partial charge in [0.1, 0.15) is 5.76 Å². The highest BCUT2D eigenvalue weighted by atomic mass is 16.3. The summed E-state index contributed by atoms with van der Waals surface area (Å²) in [5.74, 6) is 0.961. The molecular weight excluding hydrogens is 376 g/mol. The van der Waals surface area contributed by atoms with Crippen LogP contribution in [0.4, 0.5) is 16.2 Å². The van der Waals surface area contributed by atoms with Crippen LogP contribution in [0.1, 0.15) is 11.3 Å². The van der Waals surface area contributed by atoms with Gasteiger partial charge in [-0.3, -0.25) is 4.90 Å². The lowest BCUT2D eigenvalue weighted by Crippen LogP contribution is -2.49. The summed E-state index contributed by atoms with van der Waals surface area (Å²) in [4.78, 5) is 19.2. The van der Waals surface area contributed by atoms with Crippen molar-refractivity contribution < 1.29 is 9.21 Å². The smallest absolute Gasteiger partial charge is 0.321 e. The van der Waals surface area contributed by atoms with Crippen LogP contribution >= 0.6 is 0 Å². The number of piperazine rings is 1. The van der Waals surface area contributed by atoms with E-state index in [0.717, 1.165) is 43.3 Å². The normalized spacial score (nSPS) is 14.5. The SMILES string of the molecule is CN(Cc1ccccc1)c1ccccc1NC(=O)N1CCN(Cc2ccco2)CC1. The molecule has 1 aliphatic rings. The number of hydrogen-bond acceptors (Lipinski definition) is 4. The summed E-state index contributed by atoms with van der Waals surface area (Å²) in [5, 5.41) is 3.12. The lowest BCUT2D eigenvalue weighted by molar-refractivity contribution is 0.137. The molecule has 2 heterocycles. The maximum absolute atomic E-state index is 12.9. The largest absolute Gasteiger partial charge is 0.468 e. The number of nitrogens with zero attached hydrogens (tertiary/aromatic N) is 3. The van der Waals surface area contributed by atoms with E-state index in [1.165, 1.54) is 5.56 Å². The van der Waals surface area contributed by atoms with Gasteiger partial charge < -0.3 is 19.5 Å². The van der Waals surface area contributed by atoms with Gasteiger partial charge in [0.2, 0.25) is 0 Å². The second kappa shape index (κ2) is 9.50. The first-order valence-electron chi connectivity index (χ1n) is 10.3. The zero-order valence-electron chi connectivity index (χ0n) is 17.3. The average Bonchev–Trinajstić information content (AvgIpc) is 3.28. The molecule has 4 rings (SSSR count). The number of para-hydroxylation sites is 2. The highest BCUT2D eigenvalue weighted by Crippen LogP contribution is 2.26. The number of urea groups is 1. The zero-order valence-corrected chi connectivity index (χ0v) is 17.3. The van der Waals surface area contributed by atoms with Crippen molar-refractivity contribution in [2.24, 2.45) is 0 Å². The predicted molar refractivity (Wildman–Crippen MR) is 120 cm³/mol. The van der Waals surface area contributed by atoms with Crippen molar-refractivity contribution in [3.05, 3.63) is 84.3 Å². The lowest BCUT2D eigenvalue weighted by Gasteiger charge is -2.34. The Labute approximate surface area is 177 Å². The summed E-state index contributed by atoms with van der Waals surface area (Å²) in [6.45, 7) is 4.64. The topological polar surface area (TPSA) is 52.0 Å². The van der Waals surface area contributed by atoms with Crippen LogP contribution in [0.3, 0.4) is 0 Å². The van der Waals surface area contributed by atoms with Crippen molar-refractivity contribution in [1.82, 2.24) is 9.80 Å². The monoisotopic (exact) mass is 404 g/mol. The van der Waals surface area contributed by atoms with Crippen LogP contribution < -0.4 is 10.2 Å². The highest BCUT2D eigenvalue weighted by molar-refractivity contribution is 5.93. The summed E-state index contributed by atoms with van der Waals surface area (Å²) in [6, 6.07) is 22.1. The van der Waals surface area contributed by atoms with Crippen LogP contribution in [0, 0.1) is 0 Å². The first kappa shape index (κ1) is 20.0. The molecule has 3 aromatic rings. The molecular formula is C24H28N4O2. The summed E-state index contributed by atoms with van der Waals surface area (Å²) < 4.78 is 5.43. The van der Waals surface area contributed by atoms with Gasteiger partial charge in [-0.05, 0) is 29.8 Å². The fraction of sp³-hybridized carbons (Fsp3) is 0.292. The first-order valence-corrected chi connectivity index (χ1v) is 10.3. The van der Waals surface area contributed by atoms with Crippen molar-refractivity contribution in [2.75, 3.05) is 43.4 Å². The van der Waals surface area contributed by atoms with Gasteiger partial charge in [0, 0.05) is 39.8 Å². The van der Waals surface area contributed by atoms with E-state index in [4.69, 9.17) is 4.42 Å². The summed E-state index contributed by atoms with van der Waals surface area (Å²) >= 11 is 0. The minimum absolute atomic E-state index is 0.0480. The molecule has 1 aliphatic heterocycles.